The van der Waals surface area contributed by atoms with E-state index < -0.39 is 0 Å². The van der Waals surface area contributed by atoms with Crippen LogP contribution in [0.25, 0.3) is 0 Å². The lowest BCUT2D eigenvalue weighted by molar-refractivity contribution is -0.136. The van der Waals surface area contributed by atoms with Gasteiger partial charge in [-0.05, 0) is 51.1 Å². The summed E-state index contributed by atoms with van der Waals surface area (Å²) in [5, 5.41) is 6.35. The van der Waals surface area contributed by atoms with E-state index in [1.54, 1.807) is 7.11 Å². The average Bonchev–Trinajstić information content (AvgIpc) is 3.28. The Morgan fingerprint density at radius 3 is 2.67 bits per heavy atom. The van der Waals surface area contributed by atoms with Gasteiger partial charge in [0.25, 0.3) is 0 Å². The predicted molar refractivity (Wildman–Crippen MR) is 84.8 cm³/mol. The number of carbonyl (C=O) groups is 1. The fourth-order valence-electron chi connectivity index (χ4n) is 2.72. The third kappa shape index (κ3) is 6.10. The minimum Gasteiger partial charge on any atom is -0.384 e. The van der Waals surface area contributed by atoms with E-state index in [0.717, 1.165) is 51.5 Å². The Morgan fingerprint density at radius 1 is 1.33 bits per heavy atom. The highest BCUT2D eigenvalue weighted by Gasteiger charge is 2.39. The molecular weight excluding hydrogens is 292 g/mol. The molecule has 1 aliphatic heterocycles. The number of ether oxygens (including phenoxy) is 2. The van der Waals surface area contributed by atoms with Crippen molar-refractivity contribution in [3.05, 3.63) is 0 Å². The molecule has 1 saturated heterocycles. The van der Waals surface area contributed by atoms with Gasteiger partial charge < -0.3 is 20.1 Å². The first-order valence-corrected chi connectivity index (χ1v) is 7.82. The Kier molecular flexibility index (Phi) is 8.56. The molecule has 0 aromatic rings. The number of halogens is 1. The fourth-order valence-corrected chi connectivity index (χ4v) is 2.72. The molecule has 0 atom stereocenters. The standard InChI is InChI=1S/C15H28N2O3.ClH/c1-19-12-15(5-8-16-9-6-15)14(18)17-7-2-10-20-11-13-3-4-13;/h13,16H,2-12H2,1H3,(H,17,18);1H. The number of amides is 1. The van der Waals surface area contributed by atoms with Gasteiger partial charge in [-0.1, -0.05) is 0 Å². The molecule has 0 bridgehead atoms. The topological polar surface area (TPSA) is 59.6 Å². The molecule has 2 N–H and O–H groups in total. The van der Waals surface area contributed by atoms with Gasteiger partial charge in [0.1, 0.15) is 0 Å². The lowest BCUT2D eigenvalue weighted by Gasteiger charge is -2.35. The van der Waals surface area contributed by atoms with Crippen molar-refractivity contribution in [2.45, 2.75) is 32.1 Å². The van der Waals surface area contributed by atoms with E-state index >= 15 is 0 Å². The average molecular weight is 321 g/mol. The van der Waals surface area contributed by atoms with Gasteiger partial charge in [-0.3, -0.25) is 4.79 Å². The van der Waals surface area contributed by atoms with Crippen molar-refractivity contribution >= 4 is 18.3 Å². The molecule has 2 aliphatic rings. The highest BCUT2D eigenvalue weighted by Crippen LogP contribution is 2.29. The molecule has 0 radical (unpaired) electrons. The van der Waals surface area contributed by atoms with Crippen LogP contribution in [0.2, 0.25) is 0 Å². The van der Waals surface area contributed by atoms with Crippen molar-refractivity contribution < 1.29 is 14.3 Å². The first-order valence-electron chi connectivity index (χ1n) is 7.82. The number of rotatable bonds is 9. The van der Waals surface area contributed by atoms with Crippen molar-refractivity contribution in [2.24, 2.45) is 11.3 Å². The summed E-state index contributed by atoms with van der Waals surface area (Å²) in [6, 6.07) is 0. The molecule has 2 rings (SSSR count). The van der Waals surface area contributed by atoms with E-state index in [0.29, 0.717) is 13.2 Å². The summed E-state index contributed by atoms with van der Waals surface area (Å²) in [5.41, 5.74) is -0.338. The summed E-state index contributed by atoms with van der Waals surface area (Å²) in [7, 11) is 1.67. The van der Waals surface area contributed by atoms with Crippen LogP contribution in [-0.4, -0.2) is 52.5 Å². The number of nitrogens with one attached hydrogen (secondary N) is 2. The smallest absolute Gasteiger partial charge is 0.228 e. The van der Waals surface area contributed by atoms with Crippen LogP contribution in [0.15, 0.2) is 0 Å². The number of hydrogen-bond acceptors (Lipinski definition) is 4. The monoisotopic (exact) mass is 320 g/mol. The third-order valence-electron chi connectivity index (χ3n) is 4.26. The molecule has 6 heteroatoms. The molecule has 0 aromatic heterocycles. The first-order chi connectivity index (χ1) is 9.77. The van der Waals surface area contributed by atoms with Crippen LogP contribution in [0.1, 0.15) is 32.1 Å². The molecule has 0 unspecified atom stereocenters. The van der Waals surface area contributed by atoms with Crippen LogP contribution >= 0.6 is 12.4 Å². The van der Waals surface area contributed by atoms with E-state index in [1.807, 2.05) is 0 Å². The Bertz CT molecular complexity index is 300. The fraction of sp³-hybridized carbons (Fsp3) is 0.933. The first kappa shape index (κ1) is 18.7. The maximum absolute atomic E-state index is 12.4. The molecule has 1 amide bonds. The van der Waals surface area contributed by atoms with E-state index in [9.17, 15) is 4.79 Å². The number of methoxy groups -OCH3 is 1. The second-order valence-electron chi connectivity index (χ2n) is 6.09. The molecule has 21 heavy (non-hydrogen) atoms. The van der Waals surface area contributed by atoms with E-state index in [2.05, 4.69) is 10.6 Å². The van der Waals surface area contributed by atoms with Gasteiger partial charge in [-0.2, -0.15) is 0 Å². The summed E-state index contributed by atoms with van der Waals surface area (Å²) >= 11 is 0. The van der Waals surface area contributed by atoms with Crippen molar-refractivity contribution in [2.75, 3.05) is 46.6 Å². The molecule has 1 aliphatic carbocycles. The van der Waals surface area contributed by atoms with Gasteiger partial charge in [-0.15, -0.1) is 12.4 Å². The summed E-state index contributed by atoms with van der Waals surface area (Å²) in [5.74, 6) is 0.951. The summed E-state index contributed by atoms with van der Waals surface area (Å²) in [6.07, 6.45) is 5.24. The predicted octanol–water partition coefficient (Wildman–Crippen LogP) is 1.36. The third-order valence-corrected chi connectivity index (χ3v) is 4.26. The summed E-state index contributed by atoms with van der Waals surface area (Å²) < 4.78 is 10.8. The molecule has 0 spiro atoms. The normalized spacial score (nSPS) is 20.6. The van der Waals surface area contributed by atoms with Crippen LogP contribution < -0.4 is 10.6 Å². The second kappa shape index (κ2) is 9.62. The van der Waals surface area contributed by atoms with Crippen LogP contribution in [-0.2, 0) is 14.3 Å². The van der Waals surface area contributed by atoms with Crippen LogP contribution in [0.3, 0.4) is 0 Å². The highest BCUT2D eigenvalue weighted by molar-refractivity contribution is 5.85. The Balaban J connectivity index is 0.00000220. The maximum atomic E-state index is 12.4. The van der Waals surface area contributed by atoms with Gasteiger partial charge in [0.05, 0.1) is 12.0 Å². The molecular formula is C15H29ClN2O3. The quantitative estimate of drug-likeness (QED) is 0.630. The lowest BCUT2D eigenvalue weighted by atomic mass is 9.78. The minimum absolute atomic E-state index is 0. The van der Waals surface area contributed by atoms with E-state index in [1.165, 1.54) is 12.8 Å². The Labute approximate surface area is 133 Å². The molecule has 124 valence electrons. The maximum Gasteiger partial charge on any atom is 0.228 e. The minimum atomic E-state index is -0.338. The van der Waals surface area contributed by atoms with Gasteiger partial charge in [0, 0.05) is 26.9 Å². The summed E-state index contributed by atoms with van der Waals surface area (Å²) in [4.78, 5) is 12.4. The molecule has 2 fully saturated rings. The zero-order valence-corrected chi connectivity index (χ0v) is 13.8. The Morgan fingerprint density at radius 2 is 2.05 bits per heavy atom. The van der Waals surface area contributed by atoms with Crippen molar-refractivity contribution in [3.8, 4) is 0 Å². The van der Waals surface area contributed by atoms with Gasteiger partial charge in [0.15, 0.2) is 0 Å². The van der Waals surface area contributed by atoms with Gasteiger partial charge in [0.2, 0.25) is 5.91 Å². The molecule has 0 aromatic carbocycles. The summed E-state index contributed by atoms with van der Waals surface area (Å²) in [6.45, 7) is 4.63. The van der Waals surface area contributed by atoms with Crippen molar-refractivity contribution in [1.29, 1.82) is 0 Å². The van der Waals surface area contributed by atoms with Crippen LogP contribution in [0.4, 0.5) is 0 Å². The second-order valence-corrected chi connectivity index (χ2v) is 6.09. The molecule has 1 saturated carbocycles. The van der Waals surface area contributed by atoms with Crippen LogP contribution in [0, 0.1) is 11.3 Å². The number of hydrogen-bond donors (Lipinski definition) is 2. The SMILES string of the molecule is COCC1(C(=O)NCCCOCC2CC2)CCNCC1.Cl. The zero-order valence-electron chi connectivity index (χ0n) is 13.0. The Hall–Kier alpha value is -0.360. The lowest BCUT2D eigenvalue weighted by Crippen LogP contribution is -2.50. The van der Waals surface area contributed by atoms with Crippen molar-refractivity contribution in [3.63, 3.8) is 0 Å². The van der Waals surface area contributed by atoms with Gasteiger partial charge in [-0.25, -0.2) is 0 Å². The van der Waals surface area contributed by atoms with E-state index in [4.69, 9.17) is 9.47 Å². The number of carbonyl (C=O) groups excluding carboxylic acids is 1. The van der Waals surface area contributed by atoms with Crippen molar-refractivity contribution in [1.82, 2.24) is 10.6 Å². The number of piperidine rings is 1. The largest absolute Gasteiger partial charge is 0.384 e. The molecule has 5 nitrogen and oxygen atoms in total. The van der Waals surface area contributed by atoms with E-state index in [-0.39, 0.29) is 23.7 Å². The zero-order chi connectivity index (χ0) is 14.3. The highest BCUT2D eigenvalue weighted by atomic mass is 35.5. The van der Waals surface area contributed by atoms with Gasteiger partial charge >= 0.3 is 0 Å². The molecule has 1 heterocycles. The van der Waals surface area contributed by atoms with Crippen LogP contribution in [0.5, 0.6) is 0 Å².